The van der Waals surface area contributed by atoms with E-state index in [0.717, 1.165) is 32.8 Å². The summed E-state index contributed by atoms with van der Waals surface area (Å²) in [7, 11) is 0. The maximum atomic E-state index is 13.1. The standard InChI is InChI=1S/C24H23N3OS2/c1-3-19-14-20-23(25-15-26-24(20)30-19)29-16(2)22(28)27-21(17-10-6-4-7-11-17)18-12-8-5-9-13-18/h4-16,21H,3H2,1-2H3,(H,27,28). The van der Waals surface area contributed by atoms with Gasteiger partial charge in [-0.1, -0.05) is 79.3 Å². The van der Waals surface area contributed by atoms with E-state index >= 15 is 0 Å². The highest BCUT2D eigenvalue weighted by Gasteiger charge is 2.22. The molecule has 4 rings (SSSR count). The fraction of sp³-hybridized carbons (Fsp3) is 0.208. The number of nitrogens with zero attached hydrogens (tertiary/aromatic N) is 2. The third-order valence-electron chi connectivity index (χ3n) is 4.90. The molecule has 1 atom stereocenters. The van der Waals surface area contributed by atoms with Crippen LogP contribution >= 0.6 is 23.1 Å². The zero-order chi connectivity index (χ0) is 20.9. The smallest absolute Gasteiger partial charge is 0.234 e. The maximum absolute atomic E-state index is 13.1. The maximum Gasteiger partial charge on any atom is 0.234 e. The van der Waals surface area contributed by atoms with Crippen LogP contribution in [-0.2, 0) is 11.2 Å². The summed E-state index contributed by atoms with van der Waals surface area (Å²) in [5.74, 6) is -0.0181. The molecule has 4 nitrogen and oxygen atoms in total. The van der Waals surface area contributed by atoms with Gasteiger partial charge in [0.15, 0.2) is 0 Å². The lowest BCUT2D eigenvalue weighted by Gasteiger charge is -2.22. The molecular formula is C24H23N3OS2. The van der Waals surface area contributed by atoms with Gasteiger partial charge in [0.25, 0.3) is 0 Å². The highest BCUT2D eigenvalue weighted by molar-refractivity contribution is 8.00. The first-order valence-corrected chi connectivity index (χ1v) is 11.7. The number of carbonyl (C=O) groups is 1. The van der Waals surface area contributed by atoms with Gasteiger partial charge in [0, 0.05) is 10.3 Å². The highest BCUT2D eigenvalue weighted by atomic mass is 32.2. The number of fused-ring (bicyclic) bond motifs is 1. The van der Waals surface area contributed by atoms with Crippen molar-refractivity contribution in [1.29, 1.82) is 0 Å². The Morgan fingerprint density at radius 1 is 1.03 bits per heavy atom. The van der Waals surface area contributed by atoms with Crippen LogP contribution in [0.1, 0.15) is 35.9 Å². The van der Waals surface area contributed by atoms with E-state index in [1.807, 2.05) is 67.6 Å². The van der Waals surface area contributed by atoms with E-state index in [9.17, 15) is 4.79 Å². The molecule has 2 aromatic carbocycles. The SMILES string of the molecule is CCc1cc2c(SC(C)C(=O)NC(c3ccccc3)c3ccccc3)ncnc2s1. The quantitative estimate of drug-likeness (QED) is 0.303. The van der Waals surface area contributed by atoms with E-state index in [1.165, 1.54) is 16.6 Å². The molecule has 0 fully saturated rings. The number of carbonyl (C=O) groups excluding carboxylic acids is 1. The number of hydrogen-bond donors (Lipinski definition) is 1. The molecule has 0 radical (unpaired) electrons. The molecule has 0 aliphatic heterocycles. The minimum absolute atomic E-state index is 0.0181. The van der Waals surface area contributed by atoms with E-state index < -0.39 is 0 Å². The minimum Gasteiger partial charge on any atom is -0.344 e. The molecule has 0 bridgehead atoms. The average molecular weight is 434 g/mol. The molecule has 0 aliphatic carbocycles. The second-order valence-electron chi connectivity index (χ2n) is 6.99. The molecule has 2 heterocycles. The Labute approximate surface area is 184 Å². The van der Waals surface area contributed by atoms with Gasteiger partial charge in [-0.05, 0) is 30.5 Å². The van der Waals surface area contributed by atoms with Gasteiger partial charge < -0.3 is 5.32 Å². The number of hydrogen-bond acceptors (Lipinski definition) is 5. The number of aromatic nitrogens is 2. The first-order chi connectivity index (χ1) is 14.7. The van der Waals surface area contributed by atoms with Crippen LogP contribution in [0.15, 0.2) is 78.1 Å². The number of thioether (sulfide) groups is 1. The first kappa shape index (κ1) is 20.6. The summed E-state index contributed by atoms with van der Waals surface area (Å²) in [6, 6.07) is 22.1. The highest BCUT2D eigenvalue weighted by Crippen LogP contribution is 2.33. The molecule has 4 aromatic rings. The Morgan fingerprint density at radius 2 is 1.67 bits per heavy atom. The molecule has 1 N–H and O–H groups in total. The molecule has 6 heteroatoms. The third kappa shape index (κ3) is 4.55. The number of nitrogens with one attached hydrogen (secondary N) is 1. The monoisotopic (exact) mass is 433 g/mol. The first-order valence-electron chi connectivity index (χ1n) is 9.96. The number of benzene rings is 2. The van der Waals surface area contributed by atoms with E-state index in [4.69, 9.17) is 0 Å². The molecule has 0 aliphatic rings. The normalized spacial score (nSPS) is 12.2. The molecule has 0 spiro atoms. The van der Waals surface area contributed by atoms with E-state index in [0.29, 0.717) is 0 Å². The number of amides is 1. The van der Waals surface area contributed by atoms with Gasteiger partial charge in [0.1, 0.15) is 16.2 Å². The Balaban J connectivity index is 1.55. The zero-order valence-electron chi connectivity index (χ0n) is 16.9. The van der Waals surface area contributed by atoms with Crippen LogP contribution in [0.5, 0.6) is 0 Å². The second kappa shape index (κ2) is 9.41. The summed E-state index contributed by atoms with van der Waals surface area (Å²) in [5, 5.41) is 4.83. The van der Waals surface area contributed by atoms with Crippen LogP contribution < -0.4 is 5.32 Å². The largest absolute Gasteiger partial charge is 0.344 e. The number of thiophene rings is 1. The Morgan fingerprint density at radius 3 is 2.27 bits per heavy atom. The lowest BCUT2D eigenvalue weighted by molar-refractivity contribution is -0.120. The van der Waals surface area contributed by atoms with Crippen molar-refractivity contribution < 1.29 is 4.79 Å². The van der Waals surface area contributed by atoms with Crippen molar-refractivity contribution in [2.75, 3.05) is 0 Å². The summed E-state index contributed by atoms with van der Waals surface area (Å²) >= 11 is 3.17. The van der Waals surface area contributed by atoms with Crippen LogP contribution in [0.3, 0.4) is 0 Å². The molecule has 2 aromatic heterocycles. The van der Waals surface area contributed by atoms with Gasteiger partial charge in [-0.25, -0.2) is 9.97 Å². The molecule has 0 saturated carbocycles. The Bertz CT molecular complexity index is 1090. The van der Waals surface area contributed by atoms with E-state index in [1.54, 1.807) is 17.7 Å². The fourth-order valence-electron chi connectivity index (χ4n) is 3.28. The number of rotatable bonds is 7. The fourth-order valence-corrected chi connectivity index (χ4v) is 5.18. The van der Waals surface area contributed by atoms with Gasteiger partial charge in [0.2, 0.25) is 5.91 Å². The number of aryl methyl sites for hydroxylation is 1. The molecule has 152 valence electrons. The Kier molecular flexibility index (Phi) is 6.45. The molecule has 0 saturated heterocycles. The summed E-state index contributed by atoms with van der Waals surface area (Å²) in [6.07, 6.45) is 2.55. The van der Waals surface area contributed by atoms with Crippen LogP contribution in [-0.4, -0.2) is 21.1 Å². The minimum atomic E-state index is -0.289. The van der Waals surface area contributed by atoms with Crippen LogP contribution in [0.4, 0.5) is 0 Å². The van der Waals surface area contributed by atoms with Crippen molar-refractivity contribution in [3.8, 4) is 0 Å². The second-order valence-corrected chi connectivity index (χ2v) is 9.43. The van der Waals surface area contributed by atoms with Crippen molar-refractivity contribution in [2.45, 2.75) is 36.6 Å². The topological polar surface area (TPSA) is 54.9 Å². The van der Waals surface area contributed by atoms with Crippen LogP contribution in [0.2, 0.25) is 0 Å². The summed E-state index contributed by atoms with van der Waals surface area (Å²) in [5.41, 5.74) is 2.12. The predicted octanol–water partition coefficient (Wildman–Crippen LogP) is 5.64. The van der Waals surface area contributed by atoms with Crippen LogP contribution in [0, 0.1) is 0 Å². The van der Waals surface area contributed by atoms with Gasteiger partial charge in [-0.2, -0.15) is 0 Å². The van der Waals surface area contributed by atoms with Crippen molar-refractivity contribution in [1.82, 2.24) is 15.3 Å². The molecule has 1 unspecified atom stereocenters. The summed E-state index contributed by atoms with van der Waals surface area (Å²) in [6.45, 7) is 4.06. The van der Waals surface area contributed by atoms with Gasteiger partial charge >= 0.3 is 0 Å². The van der Waals surface area contributed by atoms with Crippen LogP contribution in [0.25, 0.3) is 10.2 Å². The Hall–Kier alpha value is -2.70. The summed E-state index contributed by atoms with van der Waals surface area (Å²) in [4.78, 5) is 24.2. The zero-order valence-corrected chi connectivity index (χ0v) is 18.5. The van der Waals surface area contributed by atoms with Gasteiger partial charge in [-0.3, -0.25) is 4.79 Å². The molecular weight excluding hydrogens is 410 g/mol. The third-order valence-corrected chi connectivity index (χ3v) is 7.21. The van der Waals surface area contributed by atoms with Crippen molar-refractivity contribution in [2.24, 2.45) is 0 Å². The average Bonchev–Trinajstić information content (AvgIpc) is 3.23. The lowest BCUT2D eigenvalue weighted by Crippen LogP contribution is -2.35. The predicted molar refractivity (Wildman–Crippen MR) is 125 cm³/mol. The summed E-state index contributed by atoms with van der Waals surface area (Å²) < 4.78 is 0. The van der Waals surface area contributed by atoms with Crippen molar-refractivity contribution in [3.05, 3.63) is 89.1 Å². The molecule has 30 heavy (non-hydrogen) atoms. The van der Waals surface area contributed by atoms with Crippen molar-refractivity contribution >= 4 is 39.2 Å². The van der Waals surface area contributed by atoms with E-state index in [-0.39, 0.29) is 17.2 Å². The molecule has 1 amide bonds. The van der Waals surface area contributed by atoms with Gasteiger partial charge in [-0.15, -0.1) is 11.3 Å². The van der Waals surface area contributed by atoms with E-state index in [2.05, 4.69) is 28.3 Å². The van der Waals surface area contributed by atoms with Crippen molar-refractivity contribution in [3.63, 3.8) is 0 Å². The lowest BCUT2D eigenvalue weighted by atomic mass is 9.98. The van der Waals surface area contributed by atoms with Gasteiger partial charge in [0.05, 0.1) is 11.3 Å².